The van der Waals surface area contributed by atoms with Gasteiger partial charge in [-0.25, -0.2) is 18.5 Å². The normalized spacial score (nSPS) is 11.1. The Bertz CT molecular complexity index is 1210. The van der Waals surface area contributed by atoms with Gasteiger partial charge in [0.1, 0.15) is 11.6 Å². The Balaban J connectivity index is 1.77. The SMILES string of the molecule is Cc1ccc(Nc2ncc(C)c(Nc3ccc(OCC(N)=O)cc3)n2)cc1S(N)(=O)=O. The first kappa shape index (κ1) is 22.0. The van der Waals surface area contributed by atoms with Gasteiger partial charge in [-0.1, -0.05) is 6.07 Å². The lowest BCUT2D eigenvalue weighted by molar-refractivity contribution is -0.119. The number of nitrogens with one attached hydrogen (secondary N) is 2. The molecule has 0 aliphatic carbocycles. The van der Waals surface area contributed by atoms with Crippen molar-refractivity contribution in [2.75, 3.05) is 17.2 Å². The van der Waals surface area contributed by atoms with E-state index in [2.05, 4.69) is 20.6 Å². The van der Waals surface area contributed by atoms with Gasteiger partial charge in [0.05, 0.1) is 4.90 Å². The van der Waals surface area contributed by atoms with Gasteiger partial charge in [-0.2, -0.15) is 4.98 Å². The Morgan fingerprint density at radius 3 is 2.35 bits per heavy atom. The predicted molar refractivity (Wildman–Crippen MR) is 117 cm³/mol. The Morgan fingerprint density at radius 1 is 1.03 bits per heavy atom. The van der Waals surface area contributed by atoms with Crippen molar-refractivity contribution < 1.29 is 17.9 Å². The lowest BCUT2D eigenvalue weighted by Gasteiger charge is -2.12. The molecule has 3 rings (SSSR count). The highest BCUT2D eigenvalue weighted by molar-refractivity contribution is 7.89. The zero-order chi connectivity index (χ0) is 22.6. The fourth-order valence-corrected chi connectivity index (χ4v) is 3.48. The van der Waals surface area contributed by atoms with Crippen LogP contribution in [0.4, 0.5) is 23.1 Å². The number of ether oxygens (including phenoxy) is 1. The van der Waals surface area contributed by atoms with E-state index in [-0.39, 0.29) is 17.5 Å². The second-order valence-electron chi connectivity index (χ2n) is 6.78. The summed E-state index contributed by atoms with van der Waals surface area (Å²) >= 11 is 0. The maximum atomic E-state index is 11.7. The maximum Gasteiger partial charge on any atom is 0.255 e. The molecule has 162 valence electrons. The number of primary sulfonamides is 1. The van der Waals surface area contributed by atoms with E-state index >= 15 is 0 Å². The first-order valence-electron chi connectivity index (χ1n) is 9.14. The minimum absolute atomic E-state index is 0.0293. The molecule has 0 saturated carbocycles. The lowest BCUT2D eigenvalue weighted by Crippen LogP contribution is -2.19. The molecule has 6 N–H and O–H groups in total. The molecule has 3 aromatic rings. The molecule has 1 amide bonds. The Kier molecular flexibility index (Phi) is 6.37. The van der Waals surface area contributed by atoms with Crippen LogP contribution in [-0.4, -0.2) is 30.9 Å². The second-order valence-corrected chi connectivity index (χ2v) is 8.31. The van der Waals surface area contributed by atoms with Crippen LogP contribution in [0.15, 0.2) is 53.6 Å². The molecular weight excluding hydrogens is 420 g/mol. The summed E-state index contributed by atoms with van der Waals surface area (Å²) in [5, 5.41) is 11.4. The molecule has 31 heavy (non-hydrogen) atoms. The van der Waals surface area contributed by atoms with E-state index in [0.717, 1.165) is 11.3 Å². The number of aryl methyl sites for hydroxylation is 2. The highest BCUT2D eigenvalue weighted by atomic mass is 32.2. The number of anilines is 4. The van der Waals surface area contributed by atoms with Crippen molar-refractivity contribution in [1.82, 2.24) is 9.97 Å². The van der Waals surface area contributed by atoms with Gasteiger partial charge in [-0.15, -0.1) is 0 Å². The van der Waals surface area contributed by atoms with E-state index in [1.165, 1.54) is 6.07 Å². The summed E-state index contributed by atoms with van der Waals surface area (Å²) in [6, 6.07) is 11.7. The van der Waals surface area contributed by atoms with Crippen LogP contribution >= 0.6 is 0 Å². The summed E-state index contributed by atoms with van der Waals surface area (Å²) in [5.74, 6) is 0.792. The first-order chi connectivity index (χ1) is 14.6. The molecule has 10 nitrogen and oxygen atoms in total. The van der Waals surface area contributed by atoms with Gasteiger partial charge in [-0.3, -0.25) is 4.79 Å². The molecule has 11 heteroatoms. The van der Waals surface area contributed by atoms with Crippen molar-refractivity contribution in [3.8, 4) is 5.75 Å². The number of hydrogen-bond donors (Lipinski definition) is 4. The van der Waals surface area contributed by atoms with E-state index in [4.69, 9.17) is 15.6 Å². The van der Waals surface area contributed by atoms with Gasteiger partial charge in [0, 0.05) is 23.1 Å². The molecule has 0 spiro atoms. The minimum atomic E-state index is -3.85. The summed E-state index contributed by atoms with van der Waals surface area (Å²) in [4.78, 5) is 19.5. The molecule has 0 saturated heterocycles. The largest absolute Gasteiger partial charge is 0.484 e. The van der Waals surface area contributed by atoms with Crippen molar-refractivity contribution in [3.63, 3.8) is 0 Å². The highest BCUT2D eigenvalue weighted by Gasteiger charge is 2.13. The van der Waals surface area contributed by atoms with Crippen LogP contribution in [0.3, 0.4) is 0 Å². The summed E-state index contributed by atoms with van der Waals surface area (Å²) < 4.78 is 28.7. The van der Waals surface area contributed by atoms with Crippen molar-refractivity contribution in [3.05, 3.63) is 59.8 Å². The van der Waals surface area contributed by atoms with Crippen molar-refractivity contribution in [1.29, 1.82) is 0 Å². The topological polar surface area (TPSA) is 162 Å². The van der Waals surface area contributed by atoms with E-state index in [1.807, 2.05) is 6.92 Å². The summed E-state index contributed by atoms with van der Waals surface area (Å²) in [6.45, 7) is 3.32. The molecule has 0 aliphatic heterocycles. The average Bonchev–Trinajstić information content (AvgIpc) is 2.70. The average molecular weight is 443 g/mol. The summed E-state index contributed by atoms with van der Waals surface area (Å²) in [6.07, 6.45) is 1.64. The molecular formula is C20H22N6O4S. The summed E-state index contributed by atoms with van der Waals surface area (Å²) in [7, 11) is -3.85. The number of nitrogens with two attached hydrogens (primary N) is 2. The maximum absolute atomic E-state index is 11.7. The Morgan fingerprint density at radius 2 is 1.71 bits per heavy atom. The van der Waals surface area contributed by atoms with E-state index in [1.54, 1.807) is 49.5 Å². The third kappa shape index (κ3) is 5.90. The molecule has 0 bridgehead atoms. The first-order valence-corrected chi connectivity index (χ1v) is 10.7. The standard InChI is InChI=1S/C20H22N6O4S/c1-12-3-4-15(9-17(12)31(22,28)29)25-20-23-10-13(2)19(26-20)24-14-5-7-16(8-6-14)30-11-18(21)27/h3-10H,11H2,1-2H3,(H2,21,27)(H2,22,28,29)(H2,23,24,25,26). The number of carbonyl (C=O) groups excluding carboxylic acids is 1. The molecule has 0 fully saturated rings. The van der Waals surface area contributed by atoms with Crippen LogP contribution in [-0.2, 0) is 14.8 Å². The predicted octanol–water partition coefficient (Wildman–Crippen LogP) is 2.09. The lowest BCUT2D eigenvalue weighted by atomic mass is 10.2. The number of nitrogens with zero attached hydrogens (tertiary/aromatic N) is 2. The number of primary amides is 1. The van der Waals surface area contributed by atoms with Crippen LogP contribution in [0.1, 0.15) is 11.1 Å². The number of rotatable bonds is 8. The van der Waals surface area contributed by atoms with Gasteiger partial charge in [0.15, 0.2) is 6.61 Å². The second kappa shape index (κ2) is 8.98. The van der Waals surface area contributed by atoms with Crippen LogP contribution in [0.5, 0.6) is 5.75 Å². The summed E-state index contributed by atoms with van der Waals surface area (Å²) in [5.41, 5.74) is 7.64. The zero-order valence-corrected chi connectivity index (χ0v) is 17.7. The number of sulfonamides is 1. The molecule has 0 atom stereocenters. The highest BCUT2D eigenvalue weighted by Crippen LogP contribution is 2.24. The third-order valence-corrected chi connectivity index (χ3v) is 5.27. The number of carbonyl (C=O) groups is 1. The van der Waals surface area contributed by atoms with Crippen molar-refractivity contribution >= 4 is 39.1 Å². The van der Waals surface area contributed by atoms with Crippen molar-refractivity contribution in [2.24, 2.45) is 10.9 Å². The van der Waals surface area contributed by atoms with Crippen LogP contribution < -0.4 is 26.2 Å². The van der Waals surface area contributed by atoms with Gasteiger partial charge in [0.25, 0.3) is 5.91 Å². The fraction of sp³-hybridized carbons (Fsp3) is 0.150. The monoisotopic (exact) mass is 442 g/mol. The van der Waals surface area contributed by atoms with Crippen molar-refractivity contribution in [2.45, 2.75) is 18.7 Å². The Hall–Kier alpha value is -3.70. The smallest absolute Gasteiger partial charge is 0.255 e. The molecule has 0 aliphatic rings. The fourth-order valence-electron chi connectivity index (χ4n) is 2.67. The van der Waals surface area contributed by atoms with Gasteiger partial charge in [-0.05, 0) is 55.8 Å². The van der Waals surface area contributed by atoms with Crippen LogP contribution in [0, 0.1) is 13.8 Å². The number of hydrogen-bond acceptors (Lipinski definition) is 8. The van der Waals surface area contributed by atoms with E-state index < -0.39 is 15.9 Å². The van der Waals surface area contributed by atoms with Crippen LogP contribution in [0.25, 0.3) is 0 Å². The Labute approximate surface area is 179 Å². The van der Waals surface area contributed by atoms with E-state index in [9.17, 15) is 13.2 Å². The molecule has 1 heterocycles. The zero-order valence-electron chi connectivity index (χ0n) is 16.9. The van der Waals surface area contributed by atoms with Crippen LogP contribution in [0.2, 0.25) is 0 Å². The molecule has 0 unspecified atom stereocenters. The quantitative estimate of drug-likeness (QED) is 0.412. The molecule has 1 aromatic heterocycles. The minimum Gasteiger partial charge on any atom is -0.484 e. The van der Waals surface area contributed by atoms with E-state index in [0.29, 0.717) is 22.8 Å². The van der Waals surface area contributed by atoms with Gasteiger partial charge < -0.3 is 21.1 Å². The molecule has 2 aromatic carbocycles. The number of aromatic nitrogens is 2. The number of benzene rings is 2. The van der Waals surface area contributed by atoms with Gasteiger partial charge in [0.2, 0.25) is 16.0 Å². The number of amides is 1. The molecule has 0 radical (unpaired) electrons. The third-order valence-electron chi connectivity index (χ3n) is 4.22. The van der Waals surface area contributed by atoms with Gasteiger partial charge >= 0.3 is 0 Å².